The van der Waals surface area contributed by atoms with E-state index in [2.05, 4.69) is 199 Å². The molecule has 0 bridgehead atoms. The van der Waals surface area contributed by atoms with Gasteiger partial charge < -0.3 is 4.57 Å². The smallest absolute Gasteiger partial charge is 0.0626 e. The van der Waals surface area contributed by atoms with E-state index in [0.29, 0.717) is 5.92 Å². The monoisotopic (exact) mass is 697 g/mol. The lowest BCUT2D eigenvalue weighted by Crippen LogP contribution is -2.00. The van der Waals surface area contributed by atoms with Crippen molar-refractivity contribution in [3.8, 4) is 16.8 Å². The van der Waals surface area contributed by atoms with Gasteiger partial charge in [-0.25, -0.2) is 0 Å². The summed E-state index contributed by atoms with van der Waals surface area (Å²) in [5.41, 5.74) is 7.63. The zero-order valence-corrected chi connectivity index (χ0v) is 30.2. The molecule has 1 aromatic heterocycles. The van der Waals surface area contributed by atoms with Gasteiger partial charge in [0.1, 0.15) is 0 Å². The van der Waals surface area contributed by atoms with Crippen molar-refractivity contribution in [1.29, 1.82) is 0 Å². The molecule has 0 spiro atoms. The van der Waals surface area contributed by atoms with Crippen LogP contribution in [0.25, 0.3) is 103 Å². The zero-order chi connectivity index (χ0) is 36.0. The Kier molecular flexibility index (Phi) is 6.53. The lowest BCUT2D eigenvalue weighted by atomic mass is 9.84. The van der Waals surface area contributed by atoms with Crippen molar-refractivity contribution in [2.75, 3.05) is 0 Å². The van der Waals surface area contributed by atoms with E-state index in [1.165, 1.54) is 109 Å². The van der Waals surface area contributed by atoms with Gasteiger partial charge >= 0.3 is 0 Å². The molecule has 55 heavy (non-hydrogen) atoms. The molecule has 11 aromatic rings. The molecule has 1 atom stereocenters. The minimum atomic E-state index is 0.342. The Morgan fingerprint density at radius 3 is 1.75 bits per heavy atom. The standard InChI is InChI=1S/C54H35N/c1-2-17-35(18-3-1)47-33-48-39-21-7-11-25-43(39)54-52(51(48)40-22-8-6-20-38(40)47)46-28-14-15-29-49(46)55(54)53-44-26-12-9-23-41(44)50(42-24-10-13-27-45(42)53)37-31-30-34-16-4-5-19-36(34)32-37/h1-17,19-33,35H,18H2. The molecule has 0 radical (unpaired) electrons. The molecule has 1 aliphatic carbocycles. The molecule has 0 N–H and O–H groups in total. The lowest BCUT2D eigenvalue weighted by molar-refractivity contribution is 0.863. The molecule has 1 heterocycles. The Balaban J connectivity index is 1.29. The number of para-hydroxylation sites is 1. The average Bonchev–Trinajstić information content (AvgIpc) is 3.60. The van der Waals surface area contributed by atoms with Crippen LogP contribution in [0.15, 0.2) is 194 Å². The molecule has 0 saturated carbocycles. The summed E-state index contributed by atoms with van der Waals surface area (Å²) < 4.78 is 2.61. The van der Waals surface area contributed by atoms with E-state index < -0.39 is 0 Å². The van der Waals surface area contributed by atoms with Gasteiger partial charge in [-0.1, -0.05) is 176 Å². The molecule has 1 heteroatoms. The summed E-state index contributed by atoms with van der Waals surface area (Å²) in [5.74, 6) is 0.342. The number of aromatic nitrogens is 1. The summed E-state index contributed by atoms with van der Waals surface area (Å²) in [6.45, 7) is 0. The van der Waals surface area contributed by atoms with Gasteiger partial charge in [-0.15, -0.1) is 0 Å². The summed E-state index contributed by atoms with van der Waals surface area (Å²) in [6.07, 6.45) is 10.1. The summed E-state index contributed by atoms with van der Waals surface area (Å²) in [6, 6.07) is 63.5. The van der Waals surface area contributed by atoms with Crippen molar-refractivity contribution in [2.45, 2.75) is 12.3 Å². The van der Waals surface area contributed by atoms with E-state index in [-0.39, 0.29) is 0 Å². The Morgan fingerprint density at radius 1 is 0.418 bits per heavy atom. The predicted molar refractivity (Wildman–Crippen MR) is 237 cm³/mol. The quantitative estimate of drug-likeness (QED) is 0.128. The third kappa shape index (κ3) is 4.35. The number of allylic oxidation sites excluding steroid dienone is 4. The third-order valence-corrected chi connectivity index (χ3v) is 12.2. The maximum Gasteiger partial charge on any atom is 0.0626 e. The summed E-state index contributed by atoms with van der Waals surface area (Å²) in [4.78, 5) is 0. The van der Waals surface area contributed by atoms with Gasteiger partial charge in [-0.3, -0.25) is 0 Å². The topological polar surface area (TPSA) is 4.93 Å². The van der Waals surface area contributed by atoms with Gasteiger partial charge in [0, 0.05) is 38.2 Å². The highest BCUT2D eigenvalue weighted by Gasteiger charge is 2.25. The summed E-state index contributed by atoms with van der Waals surface area (Å²) in [5, 5.41) is 18.0. The number of benzene rings is 10. The molecule has 1 nitrogen and oxygen atoms in total. The first kappa shape index (κ1) is 30.5. The van der Waals surface area contributed by atoms with Crippen LogP contribution in [0.3, 0.4) is 0 Å². The van der Waals surface area contributed by atoms with Gasteiger partial charge in [0.15, 0.2) is 0 Å². The van der Waals surface area contributed by atoms with Crippen LogP contribution < -0.4 is 0 Å². The highest BCUT2D eigenvalue weighted by atomic mass is 15.0. The maximum absolute atomic E-state index is 2.61. The van der Waals surface area contributed by atoms with Crippen molar-refractivity contribution >= 4 is 86.4 Å². The third-order valence-electron chi connectivity index (χ3n) is 12.2. The second-order valence-corrected chi connectivity index (χ2v) is 15.1. The molecular formula is C54H35N. The molecule has 0 saturated heterocycles. The van der Waals surface area contributed by atoms with Crippen molar-refractivity contribution in [3.05, 3.63) is 200 Å². The molecule has 1 unspecified atom stereocenters. The van der Waals surface area contributed by atoms with Crippen molar-refractivity contribution in [2.24, 2.45) is 0 Å². The van der Waals surface area contributed by atoms with Crippen LogP contribution >= 0.6 is 0 Å². The van der Waals surface area contributed by atoms with E-state index >= 15 is 0 Å². The maximum atomic E-state index is 2.61. The Morgan fingerprint density at radius 2 is 1.02 bits per heavy atom. The highest BCUT2D eigenvalue weighted by Crippen LogP contribution is 2.49. The van der Waals surface area contributed by atoms with Crippen LogP contribution in [-0.2, 0) is 0 Å². The van der Waals surface area contributed by atoms with Crippen molar-refractivity contribution in [1.82, 2.24) is 4.57 Å². The molecule has 0 fully saturated rings. The second-order valence-electron chi connectivity index (χ2n) is 15.1. The fraction of sp³-hybridized carbons (Fsp3) is 0.0370. The first-order valence-corrected chi connectivity index (χ1v) is 19.4. The van der Waals surface area contributed by atoms with E-state index in [1.54, 1.807) is 0 Å². The van der Waals surface area contributed by atoms with Crippen LogP contribution in [0.5, 0.6) is 0 Å². The number of nitrogens with zero attached hydrogens (tertiary/aromatic N) is 1. The van der Waals surface area contributed by atoms with Crippen molar-refractivity contribution < 1.29 is 0 Å². The fourth-order valence-electron chi connectivity index (χ4n) is 9.91. The van der Waals surface area contributed by atoms with E-state index in [9.17, 15) is 0 Å². The van der Waals surface area contributed by atoms with Crippen LogP contribution in [0, 0.1) is 0 Å². The number of hydrogen-bond donors (Lipinski definition) is 0. The minimum Gasteiger partial charge on any atom is -0.307 e. The summed E-state index contributed by atoms with van der Waals surface area (Å²) in [7, 11) is 0. The number of fused-ring (bicyclic) bond motifs is 13. The molecule has 0 aliphatic heterocycles. The van der Waals surface area contributed by atoms with Crippen LogP contribution in [0.2, 0.25) is 0 Å². The Bertz CT molecular complexity index is 3410. The molecule has 1 aliphatic rings. The van der Waals surface area contributed by atoms with Crippen LogP contribution in [-0.4, -0.2) is 4.57 Å². The first-order chi connectivity index (χ1) is 27.3. The molecule has 10 aromatic carbocycles. The largest absolute Gasteiger partial charge is 0.307 e. The predicted octanol–water partition coefficient (Wildman–Crippen LogP) is 15.0. The normalized spacial score (nSPS) is 14.5. The lowest BCUT2D eigenvalue weighted by Gasteiger charge is -2.21. The van der Waals surface area contributed by atoms with E-state index in [0.717, 1.165) is 6.42 Å². The molecule has 256 valence electrons. The van der Waals surface area contributed by atoms with Gasteiger partial charge in [0.25, 0.3) is 0 Å². The number of hydrogen-bond acceptors (Lipinski definition) is 0. The van der Waals surface area contributed by atoms with Gasteiger partial charge in [0.05, 0.1) is 16.7 Å². The van der Waals surface area contributed by atoms with Crippen LogP contribution in [0.1, 0.15) is 17.9 Å². The van der Waals surface area contributed by atoms with E-state index in [1.807, 2.05) is 0 Å². The fourth-order valence-corrected chi connectivity index (χ4v) is 9.91. The summed E-state index contributed by atoms with van der Waals surface area (Å²) >= 11 is 0. The Hall–Kier alpha value is -6.96. The molecule has 0 amide bonds. The van der Waals surface area contributed by atoms with Crippen LogP contribution in [0.4, 0.5) is 0 Å². The zero-order valence-electron chi connectivity index (χ0n) is 30.2. The van der Waals surface area contributed by atoms with Crippen molar-refractivity contribution in [3.63, 3.8) is 0 Å². The van der Waals surface area contributed by atoms with Gasteiger partial charge in [-0.2, -0.15) is 0 Å². The van der Waals surface area contributed by atoms with Gasteiger partial charge in [0.2, 0.25) is 0 Å². The van der Waals surface area contributed by atoms with E-state index in [4.69, 9.17) is 0 Å². The van der Waals surface area contributed by atoms with Gasteiger partial charge in [-0.05, 0) is 84.4 Å². The second kappa shape index (κ2) is 11.8. The average molecular weight is 698 g/mol. The SMILES string of the molecule is C1=CCC(c2cc3c4ccccc4c4c(c5ccccc5n4-c4c5ccccc5c(-c5ccc6ccccc6c5)c5ccccc45)c3c3ccccc23)C=C1. The highest BCUT2D eigenvalue weighted by molar-refractivity contribution is 6.38. The first-order valence-electron chi connectivity index (χ1n) is 19.4. The Labute approximate surface area is 318 Å². The minimum absolute atomic E-state index is 0.342. The molecule has 12 rings (SSSR count). The number of rotatable bonds is 3. The molecular weight excluding hydrogens is 663 g/mol.